The molecule has 1 unspecified atom stereocenters. The first-order valence-corrected chi connectivity index (χ1v) is 15.2. The Hall–Kier alpha value is -4.48. The van der Waals surface area contributed by atoms with Crippen molar-refractivity contribution in [1.29, 1.82) is 0 Å². The van der Waals surface area contributed by atoms with Gasteiger partial charge in [0.25, 0.3) is 5.78 Å². The highest BCUT2D eigenvalue weighted by Gasteiger charge is 2.49. The average Bonchev–Trinajstić information content (AvgIpc) is 3.69. The van der Waals surface area contributed by atoms with Crippen molar-refractivity contribution in [3.63, 3.8) is 0 Å². The number of carbonyl (C=O) groups is 2. The Morgan fingerprint density at radius 3 is 2.67 bits per heavy atom. The first-order valence-electron chi connectivity index (χ1n) is 13.4. The minimum Gasteiger partial charge on any atom is -0.505 e. The number of fused-ring (bicyclic) bond motifs is 1. The van der Waals surface area contributed by atoms with Crippen molar-refractivity contribution >= 4 is 51.3 Å². The summed E-state index contributed by atoms with van der Waals surface area (Å²) in [6.07, 6.45) is 2.58. The molecular formula is C31H27N5O4S2. The maximum absolute atomic E-state index is 13.7. The molecule has 0 radical (unpaired) electrons. The highest BCUT2D eigenvalue weighted by Crippen LogP contribution is 2.45. The molecule has 0 bridgehead atoms. The van der Waals surface area contributed by atoms with Crippen LogP contribution in [0.2, 0.25) is 0 Å². The molecule has 1 fully saturated rings. The van der Waals surface area contributed by atoms with E-state index in [0.717, 1.165) is 12.0 Å². The second kappa shape index (κ2) is 11.8. The largest absolute Gasteiger partial charge is 0.505 e. The summed E-state index contributed by atoms with van der Waals surface area (Å²) < 4.78 is 8.23. The number of benzene rings is 2. The third kappa shape index (κ3) is 5.17. The molecule has 0 spiro atoms. The van der Waals surface area contributed by atoms with E-state index in [9.17, 15) is 14.7 Å². The van der Waals surface area contributed by atoms with Gasteiger partial charge in [-0.3, -0.25) is 18.9 Å². The van der Waals surface area contributed by atoms with E-state index in [1.165, 1.54) is 28.0 Å². The molecule has 0 aliphatic carbocycles. The minimum absolute atomic E-state index is 0.0462. The van der Waals surface area contributed by atoms with E-state index < -0.39 is 17.7 Å². The third-order valence-corrected chi connectivity index (χ3v) is 8.95. The third-order valence-electron chi connectivity index (χ3n) is 6.83. The number of Topliss-reactive ketones (excluding diaryl/α,β-unsaturated/α-hetero) is 1. The van der Waals surface area contributed by atoms with Crippen molar-refractivity contribution < 1.29 is 19.4 Å². The van der Waals surface area contributed by atoms with Crippen molar-refractivity contribution in [3.8, 4) is 5.75 Å². The van der Waals surface area contributed by atoms with Gasteiger partial charge in [-0.25, -0.2) is 4.98 Å². The number of carbonyl (C=O) groups excluding carboxylic acids is 2. The number of aryl methyl sites for hydroxylation is 1. The summed E-state index contributed by atoms with van der Waals surface area (Å²) in [4.78, 5) is 33.3. The van der Waals surface area contributed by atoms with Gasteiger partial charge in [0, 0.05) is 11.9 Å². The number of pyridine rings is 1. The first kappa shape index (κ1) is 27.7. The Morgan fingerprint density at radius 2 is 1.86 bits per heavy atom. The molecule has 1 saturated heterocycles. The first-order chi connectivity index (χ1) is 20.5. The van der Waals surface area contributed by atoms with E-state index in [1.807, 2.05) is 67.6 Å². The van der Waals surface area contributed by atoms with Crippen LogP contribution < -0.4 is 9.64 Å². The van der Waals surface area contributed by atoms with Gasteiger partial charge in [0.15, 0.2) is 10.1 Å². The number of nitrogens with zero attached hydrogens (tertiary/aromatic N) is 5. The smallest absolute Gasteiger partial charge is 0.301 e. The van der Waals surface area contributed by atoms with Crippen LogP contribution in [0.3, 0.4) is 0 Å². The second-order valence-corrected chi connectivity index (χ2v) is 11.9. The molecule has 2 aromatic carbocycles. The molecule has 0 saturated carbocycles. The maximum atomic E-state index is 13.7. The molecule has 6 rings (SSSR count). The van der Waals surface area contributed by atoms with Crippen molar-refractivity contribution in [2.24, 2.45) is 0 Å². The van der Waals surface area contributed by atoms with E-state index in [-0.39, 0.29) is 16.5 Å². The second-order valence-electron chi connectivity index (χ2n) is 9.69. The van der Waals surface area contributed by atoms with Crippen LogP contribution >= 0.6 is 23.1 Å². The van der Waals surface area contributed by atoms with E-state index in [4.69, 9.17) is 4.74 Å². The Kier molecular flexibility index (Phi) is 7.77. The number of ketones is 1. The topological polar surface area (TPSA) is 110 Å². The molecule has 212 valence electrons. The normalized spacial score (nSPS) is 16.4. The highest BCUT2D eigenvalue weighted by atomic mass is 32.2. The van der Waals surface area contributed by atoms with Crippen LogP contribution in [0.5, 0.6) is 5.75 Å². The molecule has 5 aromatic rings. The lowest BCUT2D eigenvalue weighted by atomic mass is 9.96. The highest BCUT2D eigenvalue weighted by molar-refractivity contribution is 8.00. The Balaban J connectivity index is 1.45. The number of amides is 1. The van der Waals surface area contributed by atoms with Crippen LogP contribution in [0, 0.1) is 6.92 Å². The van der Waals surface area contributed by atoms with Crippen LogP contribution in [0.15, 0.2) is 88.9 Å². The molecule has 42 heavy (non-hydrogen) atoms. The SMILES string of the molecule is CCCOc1cccc(C2/C(=C(\O)c3c(C)nc4ccccn34)C(=O)C(=O)N2c2nnc(SCc3ccccc3)s2)c1. The van der Waals surface area contributed by atoms with Gasteiger partial charge in [-0.2, -0.15) is 0 Å². The van der Waals surface area contributed by atoms with Crippen molar-refractivity contribution in [1.82, 2.24) is 19.6 Å². The van der Waals surface area contributed by atoms with Gasteiger partial charge in [0.05, 0.1) is 23.9 Å². The molecular weight excluding hydrogens is 571 g/mol. The van der Waals surface area contributed by atoms with E-state index >= 15 is 0 Å². The fraction of sp³-hybridized carbons (Fsp3) is 0.194. The number of hydrogen-bond acceptors (Lipinski definition) is 9. The predicted octanol–water partition coefficient (Wildman–Crippen LogP) is 6.20. The van der Waals surface area contributed by atoms with Crippen molar-refractivity contribution in [2.45, 2.75) is 36.4 Å². The molecule has 9 nitrogen and oxygen atoms in total. The predicted molar refractivity (Wildman–Crippen MR) is 163 cm³/mol. The fourth-order valence-corrected chi connectivity index (χ4v) is 6.77. The van der Waals surface area contributed by atoms with Crippen LogP contribution in [-0.2, 0) is 15.3 Å². The fourth-order valence-electron chi connectivity index (χ4n) is 4.94. The van der Waals surface area contributed by atoms with Crippen molar-refractivity contribution in [2.75, 3.05) is 11.5 Å². The van der Waals surface area contributed by atoms with Gasteiger partial charge in [-0.05, 0) is 48.7 Å². The number of aromatic nitrogens is 4. The molecule has 1 aliphatic rings. The Morgan fingerprint density at radius 1 is 1.05 bits per heavy atom. The van der Waals surface area contributed by atoms with Gasteiger partial charge in [-0.1, -0.05) is 78.6 Å². The van der Waals surface area contributed by atoms with E-state index in [2.05, 4.69) is 15.2 Å². The standard InChI is InChI=1S/C31H27N5O4S2/c1-3-16-40-22-13-9-12-21(17-22)26-24(27(37)25-19(2)32-23-14-7-8-15-35(23)25)28(38)29(39)36(26)30-33-34-31(42-30)41-18-20-10-5-4-6-11-20/h4-15,17,26,37H,3,16,18H2,1-2H3/b27-24+. The number of hydrogen-bond donors (Lipinski definition) is 1. The van der Waals surface area contributed by atoms with Crippen LogP contribution in [0.4, 0.5) is 5.13 Å². The zero-order chi connectivity index (χ0) is 29.2. The van der Waals surface area contributed by atoms with Gasteiger partial charge in [0.2, 0.25) is 5.13 Å². The Bertz CT molecular complexity index is 1810. The van der Waals surface area contributed by atoms with E-state index in [1.54, 1.807) is 29.7 Å². The monoisotopic (exact) mass is 597 g/mol. The summed E-state index contributed by atoms with van der Waals surface area (Å²) in [7, 11) is 0. The number of ether oxygens (including phenoxy) is 1. The Labute approximate surface area is 250 Å². The molecule has 1 amide bonds. The number of aliphatic hydroxyl groups is 1. The lowest BCUT2D eigenvalue weighted by Crippen LogP contribution is -2.29. The summed E-state index contributed by atoms with van der Waals surface area (Å²) >= 11 is 2.73. The summed E-state index contributed by atoms with van der Waals surface area (Å²) in [5.41, 5.74) is 3.18. The number of anilines is 1. The minimum atomic E-state index is -0.955. The van der Waals surface area contributed by atoms with E-state index in [0.29, 0.717) is 45.0 Å². The molecule has 4 heterocycles. The number of rotatable bonds is 9. The zero-order valence-electron chi connectivity index (χ0n) is 22.9. The lowest BCUT2D eigenvalue weighted by Gasteiger charge is -2.23. The maximum Gasteiger partial charge on any atom is 0.301 e. The van der Waals surface area contributed by atoms with Crippen LogP contribution in [0.1, 0.15) is 41.9 Å². The van der Waals surface area contributed by atoms with Gasteiger partial charge in [-0.15, -0.1) is 10.2 Å². The summed E-state index contributed by atoms with van der Waals surface area (Å²) in [6, 6.07) is 21.7. The molecule has 11 heteroatoms. The van der Waals surface area contributed by atoms with Gasteiger partial charge < -0.3 is 9.84 Å². The van der Waals surface area contributed by atoms with Gasteiger partial charge >= 0.3 is 5.91 Å². The molecule has 1 N–H and O–H groups in total. The number of aliphatic hydroxyl groups excluding tert-OH is 1. The van der Waals surface area contributed by atoms with Gasteiger partial charge in [0.1, 0.15) is 17.1 Å². The summed E-state index contributed by atoms with van der Waals surface area (Å²) in [6.45, 7) is 4.29. The average molecular weight is 598 g/mol. The molecule has 1 atom stereocenters. The van der Waals surface area contributed by atoms with Crippen molar-refractivity contribution in [3.05, 3.63) is 107 Å². The summed E-state index contributed by atoms with van der Waals surface area (Å²) in [5, 5.41) is 20.6. The number of thioether (sulfide) groups is 1. The molecule has 1 aliphatic heterocycles. The quantitative estimate of drug-likeness (QED) is 0.0703. The molecule has 3 aromatic heterocycles. The van der Waals surface area contributed by atoms with Crippen LogP contribution in [-0.4, -0.2) is 43.0 Å². The lowest BCUT2D eigenvalue weighted by molar-refractivity contribution is -0.132. The number of imidazole rings is 1. The summed E-state index contributed by atoms with van der Waals surface area (Å²) in [5.74, 6) is -0.621. The zero-order valence-corrected chi connectivity index (χ0v) is 24.6. The van der Waals surface area contributed by atoms with Crippen LogP contribution in [0.25, 0.3) is 11.4 Å².